The second-order valence-electron chi connectivity index (χ2n) is 5.57. The summed E-state index contributed by atoms with van der Waals surface area (Å²) in [6.07, 6.45) is 3.38. The van der Waals surface area contributed by atoms with Crippen molar-refractivity contribution in [3.63, 3.8) is 0 Å². The molecule has 23 heavy (non-hydrogen) atoms. The number of ether oxygens (including phenoxy) is 3. The van der Waals surface area contributed by atoms with Crippen molar-refractivity contribution in [1.82, 2.24) is 9.80 Å². The third-order valence-corrected chi connectivity index (χ3v) is 3.51. The van der Waals surface area contributed by atoms with Gasteiger partial charge in [0.1, 0.15) is 0 Å². The van der Waals surface area contributed by atoms with Gasteiger partial charge in [-0.25, -0.2) is 0 Å². The van der Waals surface area contributed by atoms with Gasteiger partial charge in [0.05, 0.1) is 6.61 Å². The average molecular weight is 320 g/mol. The molecule has 1 aromatic carbocycles. The van der Waals surface area contributed by atoms with Crippen LogP contribution in [0.1, 0.15) is 5.56 Å². The molecule has 1 amide bonds. The minimum atomic E-state index is -0.0263. The quantitative estimate of drug-likeness (QED) is 0.679. The smallest absolute Gasteiger partial charge is 0.246 e. The van der Waals surface area contributed by atoms with Crippen LogP contribution in [-0.4, -0.2) is 69.9 Å². The zero-order chi connectivity index (χ0) is 16.7. The molecular weight excluding hydrogens is 296 g/mol. The van der Waals surface area contributed by atoms with Crippen molar-refractivity contribution in [3.8, 4) is 11.5 Å². The third kappa shape index (κ3) is 5.26. The topological polar surface area (TPSA) is 51.2 Å². The molecule has 1 aliphatic heterocycles. The first kappa shape index (κ1) is 17.3. The Balaban J connectivity index is 1.98. The maximum Gasteiger partial charge on any atom is 0.246 e. The highest BCUT2D eigenvalue weighted by molar-refractivity contribution is 5.91. The lowest BCUT2D eigenvalue weighted by atomic mass is 10.2. The van der Waals surface area contributed by atoms with E-state index < -0.39 is 0 Å². The van der Waals surface area contributed by atoms with Gasteiger partial charge in [-0.05, 0) is 37.9 Å². The highest BCUT2D eigenvalue weighted by atomic mass is 16.7. The molecule has 0 saturated carbocycles. The molecule has 0 aromatic heterocycles. The van der Waals surface area contributed by atoms with Crippen molar-refractivity contribution >= 4 is 12.0 Å². The summed E-state index contributed by atoms with van der Waals surface area (Å²) in [5.41, 5.74) is 0.905. The number of carbonyl (C=O) groups is 1. The van der Waals surface area contributed by atoms with Crippen LogP contribution in [0.15, 0.2) is 24.3 Å². The van der Waals surface area contributed by atoms with Gasteiger partial charge in [-0.15, -0.1) is 0 Å². The fraction of sp³-hybridized carbons (Fsp3) is 0.471. The van der Waals surface area contributed by atoms with Crippen molar-refractivity contribution in [1.29, 1.82) is 0 Å². The number of hydrogen-bond acceptors (Lipinski definition) is 5. The fourth-order valence-electron chi connectivity index (χ4n) is 2.14. The van der Waals surface area contributed by atoms with Crippen LogP contribution in [-0.2, 0) is 9.53 Å². The van der Waals surface area contributed by atoms with Crippen LogP contribution in [0.5, 0.6) is 11.5 Å². The van der Waals surface area contributed by atoms with Gasteiger partial charge in [0.15, 0.2) is 11.5 Å². The van der Waals surface area contributed by atoms with Gasteiger partial charge < -0.3 is 24.0 Å². The molecule has 0 radical (unpaired) electrons. The Hall–Kier alpha value is -2.05. The summed E-state index contributed by atoms with van der Waals surface area (Å²) < 4.78 is 15.7. The zero-order valence-corrected chi connectivity index (χ0v) is 13.9. The molecule has 0 fully saturated rings. The molecule has 0 bridgehead atoms. The standard InChI is InChI=1S/C17H24N2O4/c1-18(2)8-9-19(10-11-21-3)17(20)7-5-14-4-6-15-16(12-14)23-13-22-15/h4-7,12H,8-11,13H2,1-3H3/b7-5+. The van der Waals surface area contributed by atoms with Gasteiger partial charge in [0.2, 0.25) is 12.7 Å². The normalized spacial score (nSPS) is 13.0. The number of carbonyl (C=O) groups excluding carboxylic acids is 1. The van der Waals surface area contributed by atoms with E-state index in [1.165, 1.54) is 0 Å². The summed E-state index contributed by atoms with van der Waals surface area (Å²) >= 11 is 0. The van der Waals surface area contributed by atoms with Crippen molar-refractivity contribution in [2.24, 2.45) is 0 Å². The summed E-state index contributed by atoms with van der Waals surface area (Å²) in [4.78, 5) is 16.2. The number of amides is 1. The summed E-state index contributed by atoms with van der Waals surface area (Å²) in [5, 5.41) is 0. The number of hydrogen-bond donors (Lipinski definition) is 0. The zero-order valence-electron chi connectivity index (χ0n) is 13.9. The predicted octanol–water partition coefficient (Wildman–Crippen LogP) is 1.47. The Kier molecular flexibility index (Phi) is 6.43. The van der Waals surface area contributed by atoms with Crippen molar-refractivity contribution in [2.75, 3.05) is 54.2 Å². The maximum absolute atomic E-state index is 12.4. The third-order valence-electron chi connectivity index (χ3n) is 3.51. The lowest BCUT2D eigenvalue weighted by Gasteiger charge is -2.22. The minimum absolute atomic E-state index is 0.0263. The van der Waals surface area contributed by atoms with E-state index in [2.05, 4.69) is 4.90 Å². The largest absolute Gasteiger partial charge is 0.454 e. The minimum Gasteiger partial charge on any atom is -0.454 e. The fourth-order valence-corrected chi connectivity index (χ4v) is 2.14. The van der Waals surface area contributed by atoms with Crippen LogP contribution < -0.4 is 9.47 Å². The highest BCUT2D eigenvalue weighted by Crippen LogP contribution is 2.32. The number of methoxy groups -OCH3 is 1. The molecule has 1 aromatic rings. The van der Waals surface area contributed by atoms with Crippen LogP contribution in [0.3, 0.4) is 0 Å². The number of likely N-dealkylation sites (N-methyl/N-ethyl adjacent to an activating group) is 1. The molecule has 6 nitrogen and oxygen atoms in total. The van der Waals surface area contributed by atoms with E-state index in [4.69, 9.17) is 14.2 Å². The van der Waals surface area contributed by atoms with Gasteiger partial charge in [0.25, 0.3) is 0 Å². The average Bonchev–Trinajstić information content (AvgIpc) is 3.00. The maximum atomic E-state index is 12.4. The SMILES string of the molecule is COCCN(CCN(C)C)C(=O)/C=C/c1ccc2c(c1)OCO2. The Bertz CT molecular complexity index is 558. The molecule has 0 aliphatic carbocycles. The molecule has 1 heterocycles. The summed E-state index contributed by atoms with van der Waals surface area (Å²) in [6.45, 7) is 2.83. The van der Waals surface area contributed by atoms with E-state index in [1.807, 2.05) is 32.3 Å². The second kappa shape index (κ2) is 8.55. The van der Waals surface area contributed by atoms with Gasteiger partial charge in [0, 0.05) is 32.8 Å². The lowest BCUT2D eigenvalue weighted by Crippen LogP contribution is -2.37. The van der Waals surface area contributed by atoms with Crippen molar-refractivity contribution in [2.45, 2.75) is 0 Å². The number of benzene rings is 1. The van der Waals surface area contributed by atoms with Gasteiger partial charge in [-0.1, -0.05) is 6.07 Å². The van der Waals surface area contributed by atoms with Gasteiger partial charge in [-0.2, -0.15) is 0 Å². The molecule has 0 spiro atoms. The van der Waals surface area contributed by atoms with E-state index in [-0.39, 0.29) is 12.7 Å². The van der Waals surface area contributed by atoms with E-state index in [0.29, 0.717) is 25.4 Å². The molecule has 1 aliphatic rings. The number of rotatable bonds is 8. The van der Waals surface area contributed by atoms with E-state index >= 15 is 0 Å². The Morgan fingerprint density at radius 1 is 1.22 bits per heavy atom. The van der Waals surface area contributed by atoms with E-state index in [1.54, 1.807) is 24.2 Å². The van der Waals surface area contributed by atoms with Gasteiger partial charge in [-0.3, -0.25) is 4.79 Å². The van der Waals surface area contributed by atoms with Crippen LogP contribution in [0.2, 0.25) is 0 Å². The summed E-state index contributed by atoms with van der Waals surface area (Å²) in [7, 11) is 5.61. The number of nitrogens with zero attached hydrogens (tertiary/aromatic N) is 2. The van der Waals surface area contributed by atoms with E-state index in [0.717, 1.165) is 17.9 Å². The molecule has 0 unspecified atom stereocenters. The molecule has 0 atom stereocenters. The van der Waals surface area contributed by atoms with Crippen molar-refractivity contribution < 1.29 is 19.0 Å². The molecular formula is C17H24N2O4. The number of fused-ring (bicyclic) bond motifs is 1. The molecule has 6 heteroatoms. The first-order valence-corrected chi connectivity index (χ1v) is 7.60. The van der Waals surface area contributed by atoms with Crippen LogP contribution in [0.25, 0.3) is 6.08 Å². The molecule has 0 saturated heterocycles. The first-order valence-electron chi connectivity index (χ1n) is 7.60. The highest BCUT2D eigenvalue weighted by Gasteiger charge is 2.13. The Morgan fingerprint density at radius 3 is 2.74 bits per heavy atom. The van der Waals surface area contributed by atoms with Crippen LogP contribution in [0.4, 0.5) is 0 Å². The Labute approximate surface area is 137 Å². The summed E-state index contributed by atoms with van der Waals surface area (Å²) in [6, 6.07) is 5.61. The second-order valence-corrected chi connectivity index (χ2v) is 5.57. The van der Waals surface area contributed by atoms with E-state index in [9.17, 15) is 4.79 Å². The molecule has 126 valence electrons. The first-order chi connectivity index (χ1) is 11.1. The van der Waals surface area contributed by atoms with Gasteiger partial charge >= 0.3 is 0 Å². The molecule has 0 N–H and O–H groups in total. The summed E-state index contributed by atoms with van der Waals surface area (Å²) in [5.74, 6) is 1.42. The Morgan fingerprint density at radius 2 is 2.00 bits per heavy atom. The molecule has 2 rings (SSSR count). The predicted molar refractivity (Wildman–Crippen MR) is 88.6 cm³/mol. The monoisotopic (exact) mass is 320 g/mol. The van der Waals surface area contributed by atoms with Crippen molar-refractivity contribution in [3.05, 3.63) is 29.8 Å². The van der Waals surface area contributed by atoms with Crippen LogP contribution >= 0.6 is 0 Å². The van der Waals surface area contributed by atoms with Crippen LogP contribution in [0, 0.1) is 0 Å². The lowest BCUT2D eigenvalue weighted by molar-refractivity contribution is -0.126.